The molecule has 1 atom stereocenters. The van der Waals surface area contributed by atoms with Crippen molar-refractivity contribution in [3.05, 3.63) is 22.3 Å². The van der Waals surface area contributed by atoms with E-state index in [1.165, 1.54) is 0 Å². The van der Waals surface area contributed by atoms with Crippen molar-refractivity contribution < 1.29 is 4.79 Å². The number of thioether (sulfide) groups is 1. The molecule has 0 aromatic carbocycles. The molecule has 6 heteroatoms. The van der Waals surface area contributed by atoms with E-state index in [1.807, 2.05) is 24.9 Å². The molecular weight excluding hydrogens is 338 g/mol. The first kappa shape index (κ1) is 17.3. The Morgan fingerprint density at radius 1 is 1.55 bits per heavy atom. The fourth-order valence-corrected chi connectivity index (χ4v) is 3.14. The lowest BCUT2D eigenvalue weighted by Crippen LogP contribution is -2.38. The monoisotopic (exact) mass is 359 g/mol. The van der Waals surface area contributed by atoms with E-state index in [0.29, 0.717) is 11.4 Å². The Labute approximate surface area is 133 Å². The predicted molar refractivity (Wildman–Crippen MR) is 90.7 cm³/mol. The molecule has 0 aliphatic rings. The smallest absolute Gasteiger partial charge is 0.257 e. The molecule has 0 aliphatic carbocycles. The van der Waals surface area contributed by atoms with Gasteiger partial charge in [-0.25, -0.2) is 4.98 Å². The molecule has 112 valence electrons. The Hall–Kier alpha value is -0.750. The van der Waals surface area contributed by atoms with Gasteiger partial charge in [-0.15, -0.1) is 0 Å². The van der Waals surface area contributed by atoms with Gasteiger partial charge in [0.25, 0.3) is 5.91 Å². The highest BCUT2D eigenvalue weighted by Gasteiger charge is 2.22. The van der Waals surface area contributed by atoms with Crippen molar-refractivity contribution in [2.24, 2.45) is 0 Å². The molecule has 1 amide bonds. The van der Waals surface area contributed by atoms with Crippen LogP contribution in [-0.4, -0.2) is 47.4 Å². The summed E-state index contributed by atoms with van der Waals surface area (Å²) in [5.41, 5.74) is 0.614. The molecule has 0 aliphatic heterocycles. The molecule has 0 radical (unpaired) electrons. The molecule has 0 bridgehead atoms. The van der Waals surface area contributed by atoms with Gasteiger partial charge in [-0.3, -0.25) is 4.79 Å². The van der Waals surface area contributed by atoms with Crippen LogP contribution in [0.5, 0.6) is 0 Å². The van der Waals surface area contributed by atoms with E-state index in [0.717, 1.165) is 23.2 Å². The summed E-state index contributed by atoms with van der Waals surface area (Å²) in [7, 11) is 1.86. The predicted octanol–water partition coefficient (Wildman–Crippen LogP) is 3.49. The quantitative estimate of drug-likeness (QED) is 0.809. The largest absolute Gasteiger partial charge is 0.370 e. The molecule has 1 N–H and O–H groups in total. The van der Waals surface area contributed by atoms with Crippen LogP contribution in [0.1, 0.15) is 30.6 Å². The molecule has 0 spiro atoms. The minimum Gasteiger partial charge on any atom is -0.370 e. The summed E-state index contributed by atoms with van der Waals surface area (Å²) in [4.78, 5) is 18.8. The molecule has 20 heavy (non-hydrogen) atoms. The van der Waals surface area contributed by atoms with Crippen molar-refractivity contribution in [2.45, 2.75) is 26.3 Å². The van der Waals surface area contributed by atoms with Crippen LogP contribution in [-0.2, 0) is 0 Å². The maximum atomic E-state index is 12.7. The fourth-order valence-electron chi connectivity index (χ4n) is 1.96. The van der Waals surface area contributed by atoms with Crippen LogP contribution < -0.4 is 5.32 Å². The number of carbonyl (C=O) groups excluding carboxylic acids is 1. The number of nitrogens with zero attached hydrogens (tertiary/aromatic N) is 2. The van der Waals surface area contributed by atoms with Gasteiger partial charge in [-0.1, -0.05) is 6.92 Å². The van der Waals surface area contributed by atoms with Gasteiger partial charge in [0.2, 0.25) is 0 Å². The second-order valence-electron chi connectivity index (χ2n) is 4.51. The number of rotatable bonds is 7. The number of nitrogens with one attached hydrogen (secondary N) is 1. The van der Waals surface area contributed by atoms with E-state index in [4.69, 9.17) is 0 Å². The van der Waals surface area contributed by atoms with Gasteiger partial charge in [0, 0.05) is 36.1 Å². The van der Waals surface area contributed by atoms with Crippen molar-refractivity contribution in [3.63, 3.8) is 0 Å². The molecule has 1 heterocycles. The third kappa shape index (κ3) is 4.38. The summed E-state index contributed by atoms with van der Waals surface area (Å²) in [6, 6.07) is 2.07. The maximum Gasteiger partial charge on any atom is 0.257 e. The first-order valence-electron chi connectivity index (χ1n) is 6.70. The molecule has 1 unspecified atom stereocenters. The average molecular weight is 360 g/mol. The first-order valence-corrected chi connectivity index (χ1v) is 8.89. The normalized spacial score (nSPS) is 12.1. The van der Waals surface area contributed by atoms with Crippen molar-refractivity contribution >= 4 is 39.4 Å². The van der Waals surface area contributed by atoms with Crippen LogP contribution in [0.15, 0.2) is 16.7 Å². The number of aromatic nitrogens is 1. The van der Waals surface area contributed by atoms with Gasteiger partial charge in [0.15, 0.2) is 0 Å². The Balaban J connectivity index is 3.03. The van der Waals surface area contributed by atoms with Crippen LogP contribution in [0, 0.1) is 0 Å². The molecular formula is C14H22BrN3OS. The van der Waals surface area contributed by atoms with Gasteiger partial charge >= 0.3 is 0 Å². The Kier molecular flexibility index (Phi) is 7.37. The summed E-state index contributed by atoms with van der Waals surface area (Å²) in [5, 5.41) is 3.14. The Bertz CT molecular complexity index is 456. The molecule has 0 saturated carbocycles. The third-order valence-corrected chi connectivity index (χ3v) is 4.28. The zero-order chi connectivity index (χ0) is 15.1. The first-order chi connectivity index (χ1) is 9.54. The van der Waals surface area contributed by atoms with Crippen LogP contribution >= 0.6 is 27.7 Å². The summed E-state index contributed by atoms with van der Waals surface area (Å²) in [6.45, 7) is 4.83. The van der Waals surface area contributed by atoms with Crippen molar-refractivity contribution in [1.29, 1.82) is 0 Å². The molecule has 1 rings (SSSR count). The Morgan fingerprint density at radius 2 is 2.25 bits per heavy atom. The van der Waals surface area contributed by atoms with E-state index in [-0.39, 0.29) is 11.9 Å². The number of halogens is 1. The number of hydrogen-bond acceptors (Lipinski definition) is 4. The topological polar surface area (TPSA) is 45.2 Å². The van der Waals surface area contributed by atoms with E-state index < -0.39 is 0 Å². The standard InChI is InChI=1S/C14H22BrN3OS/c1-5-11(9-20-4)18(3)14(19)12-7-10(15)8-17-13(12)16-6-2/h7-8,11H,5-6,9H2,1-4H3,(H,16,17). The molecule has 1 aromatic rings. The zero-order valence-electron chi connectivity index (χ0n) is 12.4. The average Bonchev–Trinajstić information content (AvgIpc) is 2.45. The van der Waals surface area contributed by atoms with E-state index in [1.54, 1.807) is 18.0 Å². The number of pyridine rings is 1. The SMILES string of the molecule is CCNc1ncc(Br)cc1C(=O)N(C)C(CC)CSC. The lowest BCUT2D eigenvalue weighted by Gasteiger charge is -2.27. The fraction of sp³-hybridized carbons (Fsp3) is 0.571. The van der Waals surface area contributed by atoms with Gasteiger partial charge in [-0.05, 0) is 41.6 Å². The number of amides is 1. The zero-order valence-corrected chi connectivity index (χ0v) is 14.8. The van der Waals surface area contributed by atoms with Crippen molar-refractivity contribution in [2.75, 3.05) is 30.9 Å². The number of carbonyl (C=O) groups is 1. The van der Waals surface area contributed by atoms with Crippen molar-refractivity contribution in [3.8, 4) is 0 Å². The van der Waals surface area contributed by atoms with Crippen LogP contribution in [0.2, 0.25) is 0 Å². The molecule has 1 aromatic heterocycles. The Morgan fingerprint density at radius 3 is 2.80 bits per heavy atom. The highest BCUT2D eigenvalue weighted by molar-refractivity contribution is 9.10. The molecule has 4 nitrogen and oxygen atoms in total. The minimum absolute atomic E-state index is 0.00986. The molecule has 0 saturated heterocycles. The highest BCUT2D eigenvalue weighted by atomic mass is 79.9. The minimum atomic E-state index is 0.00986. The van der Waals surface area contributed by atoms with Crippen molar-refractivity contribution in [1.82, 2.24) is 9.88 Å². The lowest BCUT2D eigenvalue weighted by molar-refractivity contribution is 0.0744. The van der Waals surface area contributed by atoms with Crippen LogP contribution in [0.4, 0.5) is 5.82 Å². The van der Waals surface area contributed by atoms with Gasteiger partial charge in [0.1, 0.15) is 5.82 Å². The lowest BCUT2D eigenvalue weighted by atomic mass is 10.1. The summed E-state index contributed by atoms with van der Waals surface area (Å²) in [6.07, 6.45) is 4.71. The van der Waals surface area contributed by atoms with Gasteiger partial charge < -0.3 is 10.2 Å². The van der Waals surface area contributed by atoms with Gasteiger partial charge in [0.05, 0.1) is 5.56 Å². The van der Waals surface area contributed by atoms with Crippen LogP contribution in [0.25, 0.3) is 0 Å². The van der Waals surface area contributed by atoms with E-state index in [2.05, 4.69) is 39.4 Å². The summed E-state index contributed by atoms with van der Waals surface area (Å²) >= 11 is 5.14. The van der Waals surface area contributed by atoms with E-state index in [9.17, 15) is 4.79 Å². The van der Waals surface area contributed by atoms with Gasteiger partial charge in [-0.2, -0.15) is 11.8 Å². The number of hydrogen-bond donors (Lipinski definition) is 1. The maximum absolute atomic E-state index is 12.7. The van der Waals surface area contributed by atoms with E-state index >= 15 is 0 Å². The summed E-state index contributed by atoms with van der Waals surface area (Å²) < 4.78 is 0.814. The highest BCUT2D eigenvalue weighted by Crippen LogP contribution is 2.21. The second kappa shape index (κ2) is 8.52. The molecule has 0 fully saturated rings. The summed E-state index contributed by atoms with van der Waals surface area (Å²) in [5.74, 6) is 1.60. The second-order valence-corrected chi connectivity index (χ2v) is 6.34. The van der Waals surface area contributed by atoms with Crippen LogP contribution in [0.3, 0.4) is 0 Å². The third-order valence-electron chi connectivity index (χ3n) is 3.13. The number of anilines is 1.